The molecule has 1 unspecified atom stereocenters. The largest absolute Gasteiger partial charge is 0.497 e. The van der Waals surface area contributed by atoms with Crippen molar-refractivity contribution in [1.29, 1.82) is 5.26 Å². The first kappa shape index (κ1) is 48.9. The molecule has 4 atom stereocenters. The number of imidazole rings is 1. The molecule has 1 aliphatic heterocycles. The molecule has 1 N–H and O–H groups in total. The summed E-state index contributed by atoms with van der Waals surface area (Å²) in [4.78, 5) is 37.7. The highest BCUT2D eigenvalue weighted by Gasteiger charge is 2.46. The van der Waals surface area contributed by atoms with Crippen molar-refractivity contribution < 1.29 is 28.0 Å². The molecule has 358 valence electrons. The van der Waals surface area contributed by atoms with Crippen LogP contribution < -0.4 is 15.0 Å². The lowest BCUT2D eigenvalue weighted by atomic mass is 9.80. The summed E-state index contributed by atoms with van der Waals surface area (Å²) in [6.45, 7) is 8.58. The number of aromatic amines is 1. The van der Waals surface area contributed by atoms with Crippen LogP contribution in [0.1, 0.15) is 63.5 Å². The number of methoxy groups -OCH3 is 2. The molecule has 69 heavy (non-hydrogen) atoms. The molecule has 16 nitrogen and oxygen atoms in total. The van der Waals surface area contributed by atoms with E-state index in [4.69, 9.17) is 42.9 Å². The van der Waals surface area contributed by atoms with Gasteiger partial charge in [-0.1, -0.05) is 72.8 Å². The number of hydrogen-bond donors (Lipinski definition) is 1. The molecule has 8 rings (SSSR count). The third kappa shape index (κ3) is 10.4. The van der Waals surface area contributed by atoms with Gasteiger partial charge in [0.25, 0.3) is 14.1 Å². The van der Waals surface area contributed by atoms with Gasteiger partial charge in [0, 0.05) is 49.7 Å². The third-order valence-electron chi connectivity index (χ3n) is 11.8. The van der Waals surface area contributed by atoms with E-state index in [1.165, 1.54) is 0 Å². The smallest absolute Gasteiger partial charge is 0.280 e. The van der Waals surface area contributed by atoms with E-state index < -0.39 is 38.1 Å². The van der Waals surface area contributed by atoms with Gasteiger partial charge in [0.2, 0.25) is 5.95 Å². The summed E-state index contributed by atoms with van der Waals surface area (Å²) in [7, 11) is 5.19. The highest BCUT2D eigenvalue weighted by molar-refractivity contribution is 7.44. The van der Waals surface area contributed by atoms with Crippen molar-refractivity contribution in [2.45, 2.75) is 76.7 Å². The Hall–Kier alpha value is -6.57. The van der Waals surface area contributed by atoms with E-state index in [2.05, 4.69) is 48.4 Å². The number of aromatic nitrogens is 5. The Kier molecular flexibility index (Phi) is 15.4. The number of benzene rings is 4. The van der Waals surface area contributed by atoms with Crippen molar-refractivity contribution in [3.63, 3.8) is 0 Å². The Labute approximate surface area is 403 Å². The maximum atomic E-state index is 14.0. The molecule has 1 fully saturated rings. The van der Waals surface area contributed by atoms with Gasteiger partial charge < -0.3 is 32.9 Å². The van der Waals surface area contributed by atoms with Crippen LogP contribution >= 0.6 is 8.53 Å². The Balaban J connectivity index is 1.31. The van der Waals surface area contributed by atoms with E-state index in [9.17, 15) is 10.1 Å². The Morgan fingerprint density at radius 3 is 2.16 bits per heavy atom. The van der Waals surface area contributed by atoms with Crippen LogP contribution in [0.4, 0.5) is 5.95 Å². The number of para-hydroxylation sites is 1. The summed E-state index contributed by atoms with van der Waals surface area (Å²) in [5, 5.41) is 10.5. The van der Waals surface area contributed by atoms with Gasteiger partial charge in [0.05, 0.1) is 57.9 Å². The number of fused-ring (bicyclic) bond motifs is 2. The second kappa shape index (κ2) is 21.8. The number of nitriles is 1. The molecule has 1 aliphatic rings. The number of hydrogen-bond acceptors (Lipinski definition) is 13. The average molecular weight is 952 g/mol. The second-order valence-electron chi connectivity index (χ2n) is 17.3. The molecule has 0 bridgehead atoms. The van der Waals surface area contributed by atoms with Crippen LogP contribution in [0.25, 0.3) is 33.5 Å². The number of nitrogens with zero attached hydrogens (tertiary/aromatic N) is 8. The third-order valence-corrected chi connectivity index (χ3v) is 14.0. The lowest BCUT2D eigenvalue weighted by Crippen LogP contribution is -2.39. The lowest BCUT2D eigenvalue weighted by molar-refractivity contribution is -0.0909. The number of nitrogens with one attached hydrogen (secondary N) is 1. The van der Waals surface area contributed by atoms with Crippen LogP contribution in [-0.2, 0) is 24.1 Å². The van der Waals surface area contributed by atoms with E-state index in [0.717, 1.165) is 22.1 Å². The zero-order valence-electron chi connectivity index (χ0n) is 40.1. The molecule has 0 aliphatic carbocycles. The predicted molar refractivity (Wildman–Crippen MR) is 268 cm³/mol. The van der Waals surface area contributed by atoms with Crippen molar-refractivity contribution in [2.24, 2.45) is 4.99 Å². The molecule has 0 saturated carbocycles. The van der Waals surface area contributed by atoms with Crippen LogP contribution in [0, 0.1) is 11.3 Å². The van der Waals surface area contributed by atoms with Gasteiger partial charge >= 0.3 is 0 Å². The highest BCUT2D eigenvalue weighted by Crippen LogP contribution is 2.51. The molecule has 1 saturated heterocycles. The van der Waals surface area contributed by atoms with Gasteiger partial charge in [-0.15, -0.1) is 0 Å². The van der Waals surface area contributed by atoms with Crippen LogP contribution in [0.3, 0.4) is 0 Å². The summed E-state index contributed by atoms with van der Waals surface area (Å²) in [5.74, 6) is 1.92. The Bertz CT molecular complexity index is 2900. The van der Waals surface area contributed by atoms with Gasteiger partial charge in [-0.2, -0.15) is 10.2 Å². The molecule has 17 heteroatoms. The molecular weight excluding hydrogens is 894 g/mol. The first-order valence-electron chi connectivity index (χ1n) is 22.9. The Morgan fingerprint density at radius 2 is 1.54 bits per heavy atom. The molecule has 4 heterocycles. The van der Waals surface area contributed by atoms with Crippen LogP contribution in [0.2, 0.25) is 0 Å². The second-order valence-corrected chi connectivity index (χ2v) is 18.7. The lowest BCUT2D eigenvalue weighted by Gasteiger charge is -2.39. The topological polar surface area (TPSA) is 174 Å². The van der Waals surface area contributed by atoms with E-state index in [1.807, 2.05) is 128 Å². The van der Waals surface area contributed by atoms with E-state index in [-0.39, 0.29) is 55.3 Å². The van der Waals surface area contributed by atoms with Gasteiger partial charge in [-0.05, 0) is 80.8 Å². The number of ether oxygens (including phenoxy) is 4. The summed E-state index contributed by atoms with van der Waals surface area (Å²) in [5.41, 5.74) is 2.67. The maximum absolute atomic E-state index is 14.0. The SMILES string of the molecule is COc1ccc(C(OC[C@H]2O[C@@H](n3c(-c4cccc5cccnc45)nc4c(=O)[nH]c(/N=C\N(C)C)nc43)C[C@@H]2OP(OCCC#N)N(C(C)C)C(C)C)(c2ccccc2)c2ccc(OC)cc2)cc1. The molecule has 7 aromatic rings. The zero-order chi connectivity index (χ0) is 48.7. The van der Waals surface area contributed by atoms with Crippen molar-refractivity contribution >= 4 is 42.9 Å². The minimum Gasteiger partial charge on any atom is -0.497 e. The predicted octanol–water partition coefficient (Wildman–Crippen LogP) is 9.53. The number of pyridine rings is 1. The van der Waals surface area contributed by atoms with Gasteiger partial charge in [-0.3, -0.25) is 19.3 Å². The first-order chi connectivity index (χ1) is 33.4. The van der Waals surface area contributed by atoms with Crippen molar-refractivity contribution in [1.82, 2.24) is 34.1 Å². The highest BCUT2D eigenvalue weighted by atomic mass is 31.2. The summed E-state index contributed by atoms with van der Waals surface area (Å²) in [6, 6.07) is 37.8. The van der Waals surface area contributed by atoms with Crippen LogP contribution in [-0.4, -0.2) is 106 Å². The quantitative estimate of drug-likeness (QED) is 0.0252. The average Bonchev–Trinajstić information content (AvgIpc) is 3.95. The van der Waals surface area contributed by atoms with Crippen molar-refractivity contribution in [3.05, 3.63) is 142 Å². The Morgan fingerprint density at radius 1 is 0.884 bits per heavy atom. The number of rotatable bonds is 20. The fourth-order valence-corrected chi connectivity index (χ4v) is 10.5. The van der Waals surface area contributed by atoms with Gasteiger partial charge in [0.1, 0.15) is 35.3 Å². The normalized spacial score (nSPS) is 16.8. The fourth-order valence-electron chi connectivity index (χ4n) is 8.76. The zero-order valence-corrected chi connectivity index (χ0v) is 41.0. The fraction of sp³-hybridized carbons (Fsp3) is 0.346. The molecule has 3 aromatic heterocycles. The van der Waals surface area contributed by atoms with E-state index in [1.54, 1.807) is 31.7 Å². The summed E-state index contributed by atoms with van der Waals surface area (Å²) >= 11 is 0. The molecule has 0 amide bonds. The molecule has 0 radical (unpaired) electrons. The maximum Gasteiger partial charge on any atom is 0.280 e. The van der Waals surface area contributed by atoms with Gasteiger partial charge in [-0.25, -0.2) is 14.6 Å². The number of H-pyrrole nitrogens is 1. The standard InChI is InChI=1S/C52H58N9O7P/c1-34(2)61(35(3)4)69(66-30-14-28-53)68-43-31-45(60-48(42-19-12-15-36-16-13-29-54-46(36)42)56-47-49(60)57-51(58-50(47)62)55-33-59(5)6)67-44(43)32-65-52(37-17-10-9-11-18-37,38-20-24-40(63-7)25-21-38)39-22-26-41(64-8)27-23-39/h9-13,15-27,29,33-35,43-45H,14,30-32H2,1-8H3,(H,57,58,62)/b55-33-/t43-,44+,45+,69?/m0/s1. The summed E-state index contributed by atoms with van der Waals surface area (Å²) in [6.07, 6.45) is 1.54. The van der Waals surface area contributed by atoms with Gasteiger partial charge in [0.15, 0.2) is 11.2 Å². The number of aliphatic imine (C=N–C) groups is 1. The van der Waals surface area contributed by atoms with Crippen molar-refractivity contribution in [3.8, 4) is 29.0 Å². The molecular formula is C52H58N9O7P. The monoisotopic (exact) mass is 951 g/mol. The van der Waals surface area contributed by atoms with Crippen LogP contribution in [0.15, 0.2) is 125 Å². The molecule has 4 aromatic carbocycles. The first-order valence-corrected chi connectivity index (χ1v) is 24.0. The van der Waals surface area contributed by atoms with E-state index in [0.29, 0.717) is 28.4 Å². The summed E-state index contributed by atoms with van der Waals surface area (Å²) < 4.78 is 43.8. The van der Waals surface area contributed by atoms with Crippen LogP contribution in [0.5, 0.6) is 11.5 Å². The molecule has 0 spiro atoms. The minimum atomic E-state index is -1.75. The van der Waals surface area contributed by atoms with Crippen molar-refractivity contribution in [2.75, 3.05) is 41.5 Å². The minimum absolute atomic E-state index is 0.0169. The van der Waals surface area contributed by atoms with E-state index >= 15 is 0 Å².